The zero-order valence-electron chi connectivity index (χ0n) is 8.60. The van der Waals surface area contributed by atoms with Crippen molar-refractivity contribution in [2.45, 2.75) is 20.0 Å². The molecule has 0 aromatic carbocycles. The van der Waals surface area contributed by atoms with Crippen LogP contribution in [0.3, 0.4) is 0 Å². The Labute approximate surface area is 83.5 Å². The molecule has 7 nitrogen and oxygen atoms in total. The predicted octanol–water partition coefficient (Wildman–Crippen LogP) is 1.37. The minimum Gasteiger partial charge on any atom is -0.413 e. The second-order valence-corrected chi connectivity index (χ2v) is 7.39. The first-order valence-electron chi connectivity index (χ1n) is 4.19. The molecule has 0 radical (unpaired) electrons. The smallest absolute Gasteiger partial charge is 0.409 e. The highest BCUT2D eigenvalue weighted by Crippen LogP contribution is 2.07. The molecule has 2 amide bonds. The minimum absolute atomic E-state index is 0.264. The molecule has 0 aliphatic rings. The molecule has 0 aliphatic carbocycles. The Hall–Kier alpha value is -1.24. The van der Waals surface area contributed by atoms with E-state index in [0.29, 0.717) is 6.61 Å². The summed E-state index contributed by atoms with van der Waals surface area (Å²) in [6.07, 6.45) is 0.264. The molecule has 0 aromatic rings. The lowest BCUT2D eigenvalue weighted by atomic mass is 10.9. The van der Waals surface area contributed by atoms with E-state index < -0.39 is 14.3 Å². The second kappa shape index (κ2) is 5.48. The topological polar surface area (TPSA) is 104 Å². The monoisotopic (exact) mass is 217 g/mol. The summed E-state index contributed by atoms with van der Waals surface area (Å²) in [4.78, 5) is 13.3. The van der Waals surface area contributed by atoms with Crippen molar-refractivity contribution in [2.24, 2.45) is 11.0 Å². The Morgan fingerprint density at radius 3 is 2.64 bits per heavy atom. The molecule has 0 spiro atoms. The lowest BCUT2D eigenvalue weighted by molar-refractivity contribution is 0.211. The third kappa shape index (κ3) is 4.70. The summed E-state index contributed by atoms with van der Waals surface area (Å²) in [5, 5.41) is 4.08. The fourth-order valence-electron chi connectivity index (χ4n) is 0.999. The van der Waals surface area contributed by atoms with Crippen LogP contribution in [0.1, 0.15) is 6.92 Å². The van der Waals surface area contributed by atoms with Crippen molar-refractivity contribution in [2.75, 3.05) is 12.8 Å². The summed E-state index contributed by atoms with van der Waals surface area (Å²) in [5.41, 5.74) is 13.2. The van der Waals surface area contributed by atoms with Gasteiger partial charge in [-0.3, -0.25) is 0 Å². The number of amides is 2. The van der Waals surface area contributed by atoms with Crippen molar-refractivity contribution in [1.82, 2.24) is 5.01 Å². The zero-order valence-corrected chi connectivity index (χ0v) is 9.60. The van der Waals surface area contributed by atoms with Gasteiger partial charge in [-0.15, -0.1) is 5.53 Å². The van der Waals surface area contributed by atoms with Gasteiger partial charge in [0.05, 0.1) is 0 Å². The number of carbonyl (C=O) groups is 1. The van der Waals surface area contributed by atoms with Crippen molar-refractivity contribution >= 4 is 14.3 Å². The van der Waals surface area contributed by atoms with E-state index in [0.717, 1.165) is 5.01 Å². The van der Waals surface area contributed by atoms with Crippen LogP contribution in [0, 0.1) is 0 Å². The number of primary amides is 1. The van der Waals surface area contributed by atoms with Gasteiger partial charge in [0.25, 0.3) is 0 Å². The number of urea groups is 1. The molecule has 0 atom stereocenters. The molecule has 14 heavy (non-hydrogen) atoms. The van der Waals surface area contributed by atoms with Gasteiger partial charge >= 0.3 is 6.03 Å². The van der Waals surface area contributed by atoms with Gasteiger partial charge in [-0.2, -0.15) is 9.92 Å². The summed E-state index contributed by atoms with van der Waals surface area (Å²) >= 11 is 0. The van der Waals surface area contributed by atoms with E-state index in [1.807, 2.05) is 20.0 Å². The molecule has 0 aliphatic heterocycles. The molecule has 80 valence electrons. The standard InChI is InChI=1S/C6H15N5O2Si/c1-4-13-14(2,3)5-11(6(7)12)10-9-8/h4-5H2,1-3H3,(H2,7,12). The van der Waals surface area contributed by atoms with Gasteiger partial charge in [0.15, 0.2) is 0 Å². The van der Waals surface area contributed by atoms with Crippen LogP contribution < -0.4 is 5.73 Å². The van der Waals surface area contributed by atoms with Crippen LogP contribution in [-0.4, -0.2) is 32.1 Å². The maximum Gasteiger partial charge on any atom is 0.409 e. The van der Waals surface area contributed by atoms with Gasteiger partial charge in [0, 0.05) is 6.61 Å². The highest BCUT2D eigenvalue weighted by Gasteiger charge is 2.30. The highest BCUT2D eigenvalue weighted by atomic mass is 28.4. The number of nitrogens with two attached hydrogens (primary N) is 1. The number of carbonyl (C=O) groups excluding carboxylic acids is 1. The quantitative estimate of drug-likeness (QED) is 0.247. The molecule has 0 bridgehead atoms. The molecule has 0 saturated carbocycles. The minimum atomic E-state index is -2.01. The molecule has 0 aromatic heterocycles. The second-order valence-electron chi connectivity index (χ2n) is 3.27. The van der Waals surface area contributed by atoms with Crippen LogP contribution in [0.15, 0.2) is 5.22 Å². The van der Waals surface area contributed by atoms with Crippen molar-refractivity contribution in [1.29, 1.82) is 0 Å². The SMILES string of the molecule is CCO[Si](C)(C)CN(N=[N+]=[N-])C(N)=O. The van der Waals surface area contributed by atoms with Crippen molar-refractivity contribution in [3.63, 3.8) is 0 Å². The third-order valence-corrected chi connectivity index (χ3v) is 3.60. The third-order valence-electron chi connectivity index (χ3n) is 1.47. The van der Waals surface area contributed by atoms with Gasteiger partial charge in [-0.05, 0) is 25.2 Å². The number of rotatable bonds is 5. The summed E-state index contributed by atoms with van der Waals surface area (Å²) in [6.45, 7) is 6.28. The molecule has 0 fully saturated rings. The molecule has 0 unspecified atom stereocenters. The average molecular weight is 217 g/mol. The van der Waals surface area contributed by atoms with Crippen LogP contribution in [0.5, 0.6) is 0 Å². The largest absolute Gasteiger partial charge is 0.413 e. The number of hydrogen-bond donors (Lipinski definition) is 1. The van der Waals surface area contributed by atoms with Gasteiger partial charge in [-0.1, -0.05) is 0 Å². The molecule has 0 heterocycles. The van der Waals surface area contributed by atoms with E-state index in [1.165, 1.54) is 0 Å². The fourth-order valence-corrected chi connectivity index (χ4v) is 2.81. The number of hydrogen-bond acceptors (Lipinski definition) is 3. The first kappa shape index (κ1) is 12.8. The summed E-state index contributed by atoms with van der Waals surface area (Å²) in [7, 11) is -2.01. The first-order chi connectivity index (χ1) is 6.43. The average Bonchev–Trinajstić information content (AvgIpc) is 2.02. The Morgan fingerprint density at radius 1 is 1.71 bits per heavy atom. The van der Waals surface area contributed by atoms with E-state index >= 15 is 0 Å². The van der Waals surface area contributed by atoms with Crippen LogP contribution >= 0.6 is 0 Å². The lowest BCUT2D eigenvalue weighted by Gasteiger charge is -2.22. The summed E-state index contributed by atoms with van der Waals surface area (Å²) in [5.74, 6) is 0. The van der Waals surface area contributed by atoms with Gasteiger partial charge < -0.3 is 10.2 Å². The normalized spacial score (nSPS) is 10.5. The summed E-state index contributed by atoms with van der Waals surface area (Å²) < 4.78 is 5.46. The zero-order chi connectivity index (χ0) is 11.2. The molecular formula is C6H15N5O2Si. The summed E-state index contributed by atoms with van der Waals surface area (Å²) in [6, 6.07) is -0.761. The lowest BCUT2D eigenvalue weighted by Crippen LogP contribution is -2.46. The van der Waals surface area contributed by atoms with Crippen molar-refractivity contribution in [3.05, 3.63) is 10.4 Å². The van der Waals surface area contributed by atoms with Gasteiger partial charge in [0.2, 0.25) is 8.32 Å². The fraction of sp³-hybridized carbons (Fsp3) is 0.833. The molecule has 2 N–H and O–H groups in total. The van der Waals surface area contributed by atoms with Crippen LogP contribution in [-0.2, 0) is 4.43 Å². The van der Waals surface area contributed by atoms with E-state index in [-0.39, 0.29) is 6.17 Å². The first-order valence-corrected chi connectivity index (χ1v) is 7.30. The van der Waals surface area contributed by atoms with Crippen LogP contribution in [0.2, 0.25) is 13.1 Å². The maximum absolute atomic E-state index is 10.8. The van der Waals surface area contributed by atoms with E-state index in [2.05, 4.69) is 10.1 Å². The van der Waals surface area contributed by atoms with Crippen molar-refractivity contribution in [3.8, 4) is 0 Å². The maximum atomic E-state index is 10.8. The van der Waals surface area contributed by atoms with E-state index in [1.54, 1.807) is 0 Å². The molecule has 0 rings (SSSR count). The van der Waals surface area contributed by atoms with Crippen LogP contribution in [0.4, 0.5) is 4.79 Å². The van der Waals surface area contributed by atoms with Crippen molar-refractivity contribution < 1.29 is 9.22 Å². The molecule has 8 heteroatoms. The Morgan fingerprint density at radius 2 is 2.29 bits per heavy atom. The molecule has 0 saturated heterocycles. The molecular weight excluding hydrogens is 202 g/mol. The highest BCUT2D eigenvalue weighted by molar-refractivity contribution is 6.71. The van der Waals surface area contributed by atoms with Crippen LogP contribution in [0.25, 0.3) is 10.4 Å². The van der Waals surface area contributed by atoms with E-state index in [4.69, 9.17) is 15.7 Å². The number of nitrogens with zero attached hydrogens (tertiary/aromatic N) is 4. The Kier molecular flexibility index (Phi) is 4.99. The van der Waals surface area contributed by atoms with E-state index in [9.17, 15) is 4.79 Å². The Balaban J connectivity index is 4.42. The predicted molar refractivity (Wildman–Crippen MR) is 54.5 cm³/mol. The van der Waals surface area contributed by atoms with Gasteiger partial charge in [0.1, 0.15) is 6.17 Å². The number of azide groups is 1. The Bertz CT molecular complexity index is 249. The van der Waals surface area contributed by atoms with Gasteiger partial charge in [-0.25, -0.2) is 4.79 Å².